The fraction of sp³-hybridized carbons (Fsp3) is 0.448. The lowest BCUT2D eigenvalue weighted by Gasteiger charge is -2.31. The number of carbonyl (C=O) groups is 1. The molecule has 2 aliphatic rings. The van der Waals surface area contributed by atoms with E-state index in [-0.39, 0.29) is 12.3 Å². The van der Waals surface area contributed by atoms with Crippen LogP contribution >= 0.6 is 23.2 Å². The van der Waals surface area contributed by atoms with Crippen LogP contribution in [-0.4, -0.2) is 82.1 Å². The predicted octanol–water partition coefficient (Wildman–Crippen LogP) is 5.47. The number of halogens is 2. The molecule has 2 aromatic heterocycles. The molecule has 9 nitrogen and oxygen atoms in total. The third kappa shape index (κ3) is 7.81. The highest BCUT2D eigenvalue weighted by Gasteiger charge is 2.22. The third-order valence-corrected chi connectivity index (χ3v) is 7.90. The number of benzene rings is 1. The lowest BCUT2D eigenvalue weighted by atomic mass is 9.93. The zero-order valence-electron chi connectivity index (χ0n) is 22.6. The van der Waals surface area contributed by atoms with Gasteiger partial charge in [0.1, 0.15) is 5.82 Å². The molecule has 0 amide bonds. The summed E-state index contributed by atoms with van der Waals surface area (Å²) in [5, 5.41) is 10.2. The second-order valence-electron chi connectivity index (χ2n) is 10.6. The van der Waals surface area contributed by atoms with E-state index in [1.807, 2.05) is 24.3 Å². The van der Waals surface area contributed by atoms with E-state index in [1.165, 1.54) is 0 Å². The summed E-state index contributed by atoms with van der Waals surface area (Å²) in [6.07, 6.45) is 6.44. The van der Waals surface area contributed by atoms with Gasteiger partial charge in [-0.3, -0.25) is 9.69 Å². The van der Waals surface area contributed by atoms with Crippen molar-refractivity contribution in [3.8, 4) is 23.0 Å². The SMILES string of the molecule is CN1CCCN(c2cnc(Oc3cc(CN4CCC(CC(=O)O)CC4)cc(-c4cc(Cl)cc(Cl)c4)n3)cn2)CC1. The number of ether oxygens (including phenoxy) is 1. The molecule has 2 fully saturated rings. The Labute approximate surface area is 244 Å². The molecule has 212 valence electrons. The first-order valence-corrected chi connectivity index (χ1v) is 14.4. The Morgan fingerprint density at radius 3 is 2.42 bits per heavy atom. The number of anilines is 1. The maximum absolute atomic E-state index is 11.1. The number of aromatic nitrogens is 3. The summed E-state index contributed by atoms with van der Waals surface area (Å²) in [5.41, 5.74) is 2.50. The van der Waals surface area contributed by atoms with Crippen molar-refractivity contribution in [1.29, 1.82) is 0 Å². The summed E-state index contributed by atoms with van der Waals surface area (Å²) in [6.45, 7) is 6.30. The van der Waals surface area contributed by atoms with Crippen LogP contribution in [0.2, 0.25) is 10.0 Å². The van der Waals surface area contributed by atoms with Crippen molar-refractivity contribution in [1.82, 2.24) is 24.8 Å². The Hall–Kier alpha value is -2.98. The van der Waals surface area contributed by atoms with Gasteiger partial charge in [-0.2, -0.15) is 0 Å². The van der Waals surface area contributed by atoms with Gasteiger partial charge < -0.3 is 19.6 Å². The number of likely N-dealkylation sites (tertiary alicyclic amines) is 1. The minimum absolute atomic E-state index is 0.228. The monoisotopic (exact) mass is 584 g/mol. The smallest absolute Gasteiger partial charge is 0.303 e. The van der Waals surface area contributed by atoms with E-state index in [0.29, 0.717) is 34.0 Å². The van der Waals surface area contributed by atoms with Crippen molar-refractivity contribution in [2.45, 2.75) is 32.2 Å². The second-order valence-corrected chi connectivity index (χ2v) is 11.5. The van der Waals surface area contributed by atoms with Crippen LogP contribution in [0.25, 0.3) is 11.3 Å². The fourth-order valence-electron chi connectivity index (χ4n) is 5.31. The van der Waals surface area contributed by atoms with Gasteiger partial charge in [-0.1, -0.05) is 23.2 Å². The first kappa shape index (κ1) is 28.5. The minimum Gasteiger partial charge on any atom is -0.481 e. The lowest BCUT2D eigenvalue weighted by Crippen LogP contribution is -2.33. The number of piperidine rings is 1. The number of carboxylic acids is 1. The van der Waals surface area contributed by atoms with Gasteiger partial charge in [0.2, 0.25) is 11.8 Å². The van der Waals surface area contributed by atoms with Crippen molar-refractivity contribution in [2.75, 3.05) is 51.2 Å². The molecule has 0 spiro atoms. The quantitative estimate of drug-likeness (QED) is 0.370. The molecule has 40 heavy (non-hydrogen) atoms. The van der Waals surface area contributed by atoms with Crippen LogP contribution in [0.3, 0.4) is 0 Å². The Morgan fingerprint density at radius 1 is 0.950 bits per heavy atom. The number of aliphatic carboxylic acids is 1. The summed E-state index contributed by atoms with van der Waals surface area (Å²) in [7, 11) is 2.14. The maximum atomic E-state index is 11.1. The number of carboxylic acid groups (broad SMARTS) is 1. The molecule has 2 saturated heterocycles. The van der Waals surface area contributed by atoms with E-state index >= 15 is 0 Å². The van der Waals surface area contributed by atoms with Crippen molar-refractivity contribution in [3.63, 3.8) is 0 Å². The van der Waals surface area contributed by atoms with Crippen molar-refractivity contribution >= 4 is 35.0 Å². The van der Waals surface area contributed by atoms with E-state index in [4.69, 9.17) is 38.0 Å². The number of rotatable bonds is 8. The normalized spacial score (nSPS) is 17.5. The van der Waals surface area contributed by atoms with E-state index in [9.17, 15) is 4.79 Å². The molecule has 5 rings (SSSR count). The first-order valence-electron chi connectivity index (χ1n) is 13.7. The van der Waals surface area contributed by atoms with Crippen LogP contribution in [0.1, 0.15) is 31.2 Å². The largest absolute Gasteiger partial charge is 0.481 e. The lowest BCUT2D eigenvalue weighted by molar-refractivity contribution is -0.138. The van der Waals surface area contributed by atoms with E-state index in [1.54, 1.807) is 18.5 Å². The number of hydrogen-bond acceptors (Lipinski definition) is 8. The van der Waals surface area contributed by atoms with Gasteiger partial charge in [-0.15, -0.1) is 0 Å². The van der Waals surface area contributed by atoms with Gasteiger partial charge in [0, 0.05) is 54.3 Å². The molecule has 11 heteroatoms. The average Bonchev–Trinajstić information content (AvgIpc) is 3.14. The highest BCUT2D eigenvalue weighted by molar-refractivity contribution is 6.35. The molecular formula is C29H34Cl2N6O3. The van der Waals surface area contributed by atoms with E-state index < -0.39 is 5.97 Å². The standard InChI is InChI=1S/C29H34Cl2N6O3/c1-35-5-2-6-37(10-9-35)26-17-33-28(18-32-26)40-27-12-21(19-36-7-3-20(4-8-36)13-29(38)39)11-25(34-27)22-14-23(30)16-24(31)15-22/h11-12,14-18,20H,2-10,13,19H2,1H3,(H,38,39). The molecule has 0 aliphatic carbocycles. The number of pyridine rings is 1. The molecule has 3 aromatic rings. The first-order chi connectivity index (χ1) is 19.3. The summed E-state index contributed by atoms with van der Waals surface area (Å²) < 4.78 is 6.11. The van der Waals surface area contributed by atoms with Gasteiger partial charge >= 0.3 is 5.97 Å². The molecule has 1 N–H and O–H groups in total. The molecule has 4 heterocycles. The Morgan fingerprint density at radius 2 is 1.73 bits per heavy atom. The molecule has 0 saturated carbocycles. The Balaban J connectivity index is 1.34. The average molecular weight is 586 g/mol. The highest BCUT2D eigenvalue weighted by atomic mass is 35.5. The summed E-state index contributed by atoms with van der Waals surface area (Å²) >= 11 is 12.6. The zero-order valence-corrected chi connectivity index (χ0v) is 24.1. The molecule has 0 atom stereocenters. The Bertz CT molecular complexity index is 1300. The zero-order chi connectivity index (χ0) is 28.1. The fourth-order valence-corrected chi connectivity index (χ4v) is 5.84. The second kappa shape index (κ2) is 13.1. The molecule has 0 radical (unpaired) electrons. The van der Waals surface area contributed by atoms with Crippen LogP contribution < -0.4 is 9.64 Å². The summed E-state index contributed by atoms with van der Waals surface area (Å²) in [6, 6.07) is 9.28. The Kier molecular flexibility index (Phi) is 9.36. The van der Waals surface area contributed by atoms with Gasteiger partial charge in [0.25, 0.3) is 0 Å². The van der Waals surface area contributed by atoms with E-state index in [2.05, 4.69) is 31.7 Å². The summed E-state index contributed by atoms with van der Waals surface area (Å²) in [4.78, 5) is 31.9. The highest BCUT2D eigenvalue weighted by Crippen LogP contribution is 2.31. The number of nitrogens with zero attached hydrogens (tertiary/aromatic N) is 6. The van der Waals surface area contributed by atoms with Gasteiger partial charge in [0.05, 0.1) is 18.1 Å². The number of likely N-dealkylation sites (N-methyl/N-ethyl adjacent to an activating group) is 1. The van der Waals surface area contributed by atoms with E-state index in [0.717, 1.165) is 75.5 Å². The molecule has 1 aromatic carbocycles. The minimum atomic E-state index is -0.727. The number of hydrogen-bond donors (Lipinski definition) is 1. The van der Waals surface area contributed by atoms with Crippen LogP contribution in [0.4, 0.5) is 5.82 Å². The molecular weight excluding hydrogens is 551 g/mol. The van der Waals surface area contributed by atoms with Gasteiger partial charge in [-0.25, -0.2) is 15.0 Å². The van der Waals surface area contributed by atoms with Crippen LogP contribution in [0, 0.1) is 5.92 Å². The van der Waals surface area contributed by atoms with Crippen molar-refractivity contribution < 1.29 is 14.6 Å². The van der Waals surface area contributed by atoms with Crippen LogP contribution in [-0.2, 0) is 11.3 Å². The molecule has 2 aliphatic heterocycles. The third-order valence-electron chi connectivity index (χ3n) is 7.46. The topological polar surface area (TPSA) is 94.9 Å². The van der Waals surface area contributed by atoms with Crippen molar-refractivity contribution in [3.05, 3.63) is 58.3 Å². The molecule has 0 bridgehead atoms. The van der Waals surface area contributed by atoms with Crippen LogP contribution in [0.15, 0.2) is 42.7 Å². The maximum Gasteiger partial charge on any atom is 0.303 e. The van der Waals surface area contributed by atoms with Gasteiger partial charge in [-0.05, 0) is 81.7 Å². The summed E-state index contributed by atoms with van der Waals surface area (Å²) in [5.74, 6) is 1.11. The molecule has 0 unspecified atom stereocenters. The van der Waals surface area contributed by atoms with Crippen molar-refractivity contribution in [2.24, 2.45) is 5.92 Å². The predicted molar refractivity (Wildman–Crippen MR) is 156 cm³/mol. The van der Waals surface area contributed by atoms with Crippen LogP contribution in [0.5, 0.6) is 11.8 Å². The van der Waals surface area contributed by atoms with Gasteiger partial charge in [0.15, 0.2) is 0 Å².